The van der Waals surface area contributed by atoms with Crippen molar-refractivity contribution in [3.05, 3.63) is 71.6 Å². The molecule has 0 saturated heterocycles. The number of benzene rings is 2. The minimum Gasteiger partial charge on any atom is -0.455 e. The summed E-state index contributed by atoms with van der Waals surface area (Å²) in [6.45, 7) is 9.10. The van der Waals surface area contributed by atoms with E-state index in [1.807, 2.05) is 44.2 Å². The van der Waals surface area contributed by atoms with Crippen LogP contribution in [0.5, 0.6) is 0 Å². The van der Waals surface area contributed by atoms with Gasteiger partial charge >= 0.3 is 5.97 Å². The molecule has 0 fully saturated rings. The summed E-state index contributed by atoms with van der Waals surface area (Å²) in [5.74, 6) is -1.04. The van der Waals surface area contributed by atoms with E-state index in [4.69, 9.17) is 4.74 Å². The molecule has 2 aromatic carbocycles. The van der Waals surface area contributed by atoms with Crippen LogP contribution in [-0.2, 0) is 9.53 Å². The third-order valence-electron chi connectivity index (χ3n) is 4.89. The fourth-order valence-corrected chi connectivity index (χ4v) is 3.48. The molecule has 0 amide bonds. The van der Waals surface area contributed by atoms with Gasteiger partial charge in [-0.15, -0.1) is 0 Å². The summed E-state index contributed by atoms with van der Waals surface area (Å²) in [6, 6.07) is 13.0. The zero-order valence-corrected chi connectivity index (χ0v) is 14.2. The Kier molecular flexibility index (Phi) is 4.04. The normalized spacial score (nSPS) is 17.6. The molecule has 0 radical (unpaired) electrons. The molecular weight excluding hydrogens is 303 g/mol. The van der Waals surface area contributed by atoms with Gasteiger partial charge in [-0.05, 0) is 43.0 Å². The highest BCUT2D eigenvalue weighted by Gasteiger charge is 2.45. The van der Waals surface area contributed by atoms with E-state index in [0.717, 1.165) is 16.7 Å². The maximum atomic E-state index is 14.7. The van der Waals surface area contributed by atoms with Crippen molar-refractivity contribution in [3.63, 3.8) is 0 Å². The number of hydrogen-bond donors (Lipinski definition) is 0. The molecule has 0 aromatic heterocycles. The molecule has 1 aliphatic carbocycles. The van der Waals surface area contributed by atoms with Crippen molar-refractivity contribution in [3.8, 4) is 11.1 Å². The fraction of sp³-hybridized carbons (Fsp3) is 0.286. The van der Waals surface area contributed by atoms with Crippen LogP contribution in [0.2, 0.25) is 0 Å². The van der Waals surface area contributed by atoms with E-state index >= 15 is 0 Å². The molecule has 2 aromatic rings. The Hall–Kier alpha value is -2.42. The highest BCUT2D eigenvalue weighted by atomic mass is 19.1. The molecule has 0 N–H and O–H groups in total. The van der Waals surface area contributed by atoms with Gasteiger partial charge in [0.15, 0.2) is 0 Å². The maximum Gasteiger partial charge on any atom is 0.333 e. The quantitative estimate of drug-likeness (QED) is 0.569. The van der Waals surface area contributed by atoms with Crippen LogP contribution >= 0.6 is 0 Å². The molecule has 1 aliphatic rings. The molecule has 0 spiro atoms. The molecule has 2 nitrogen and oxygen atoms in total. The summed E-state index contributed by atoms with van der Waals surface area (Å²) in [5, 5.41) is 0. The van der Waals surface area contributed by atoms with E-state index in [2.05, 4.69) is 6.58 Å². The summed E-state index contributed by atoms with van der Waals surface area (Å²) in [5.41, 5.74) is 2.98. The van der Waals surface area contributed by atoms with E-state index in [-0.39, 0.29) is 11.7 Å². The lowest BCUT2D eigenvalue weighted by molar-refractivity contribution is -0.154. The lowest BCUT2D eigenvalue weighted by Crippen LogP contribution is -2.38. The van der Waals surface area contributed by atoms with E-state index in [9.17, 15) is 9.18 Å². The van der Waals surface area contributed by atoms with Crippen LogP contribution in [0.1, 0.15) is 44.2 Å². The molecule has 2 atom stereocenters. The van der Waals surface area contributed by atoms with Gasteiger partial charge in [-0.2, -0.15) is 0 Å². The Balaban J connectivity index is 2.19. The van der Waals surface area contributed by atoms with Gasteiger partial charge in [0.25, 0.3) is 0 Å². The maximum absolute atomic E-state index is 14.7. The number of halogens is 1. The largest absolute Gasteiger partial charge is 0.455 e. The summed E-state index contributed by atoms with van der Waals surface area (Å²) in [6.07, 6.45) is 0.568. The SMILES string of the molecule is C=C(C)C(=O)OC(C)(CC)C1c2ccccc2-c2cccc(F)c21. The lowest BCUT2D eigenvalue weighted by Gasteiger charge is -2.35. The summed E-state index contributed by atoms with van der Waals surface area (Å²) < 4.78 is 20.5. The van der Waals surface area contributed by atoms with Crippen molar-refractivity contribution in [2.45, 2.75) is 38.7 Å². The average Bonchev–Trinajstić information content (AvgIpc) is 2.91. The topological polar surface area (TPSA) is 26.3 Å². The highest BCUT2D eigenvalue weighted by Crippen LogP contribution is 2.52. The van der Waals surface area contributed by atoms with E-state index in [1.165, 1.54) is 6.07 Å². The van der Waals surface area contributed by atoms with Crippen LogP contribution in [0.15, 0.2) is 54.6 Å². The minimum atomic E-state index is -0.848. The first-order valence-corrected chi connectivity index (χ1v) is 8.15. The molecule has 24 heavy (non-hydrogen) atoms. The Morgan fingerprint density at radius 2 is 1.88 bits per heavy atom. The van der Waals surface area contributed by atoms with Crippen molar-refractivity contribution < 1.29 is 13.9 Å². The van der Waals surface area contributed by atoms with Gasteiger partial charge in [-0.25, -0.2) is 9.18 Å². The standard InChI is InChI=1S/C21H21FO2/c1-5-21(4,24-20(23)13(2)3)19-16-10-7-6-9-14(16)15-11-8-12-17(22)18(15)19/h6-12,19H,2,5H2,1,3-4H3. The fourth-order valence-electron chi connectivity index (χ4n) is 3.48. The molecule has 3 rings (SSSR count). The van der Waals surface area contributed by atoms with Crippen molar-refractivity contribution >= 4 is 5.97 Å². The number of hydrogen-bond acceptors (Lipinski definition) is 2. The van der Waals surface area contributed by atoms with E-state index < -0.39 is 11.6 Å². The number of carbonyl (C=O) groups excluding carboxylic acids is 1. The molecule has 3 heteroatoms. The first-order chi connectivity index (χ1) is 11.4. The number of fused-ring (bicyclic) bond motifs is 3. The van der Waals surface area contributed by atoms with Gasteiger partial charge in [0.05, 0.1) is 5.92 Å². The molecule has 0 heterocycles. The highest BCUT2D eigenvalue weighted by molar-refractivity contribution is 5.88. The predicted octanol–water partition coefficient (Wildman–Crippen LogP) is 5.23. The van der Waals surface area contributed by atoms with Crippen molar-refractivity contribution in [1.29, 1.82) is 0 Å². The van der Waals surface area contributed by atoms with Crippen LogP contribution in [0.3, 0.4) is 0 Å². The summed E-state index contributed by atoms with van der Waals surface area (Å²) in [4.78, 5) is 12.2. The van der Waals surface area contributed by atoms with Crippen molar-refractivity contribution in [2.75, 3.05) is 0 Å². The Morgan fingerprint density at radius 1 is 1.21 bits per heavy atom. The van der Waals surface area contributed by atoms with Crippen LogP contribution in [0.4, 0.5) is 4.39 Å². The Morgan fingerprint density at radius 3 is 2.54 bits per heavy atom. The molecular formula is C21H21FO2. The van der Waals surface area contributed by atoms with Gasteiger partial charge in [0, 0.05) is 11.1 Å². The third-order valence-corrected chi connectivity index (χ3v) is 4.89. The molecule has 0 bridgehead atoms. The van der Waals surface area contributed by atoms with Gasteiger partial charge < -0.3 is 4.74 Å². The molecule has 124 valence electrons. The first kappa shape index (κ1) is 16.4. The Labute approximate surface area is 142 Å². The predicted molar refractivity (Wildman–Crippen MR) is 93.3 cm³/mol. The average molecular weight is 324 g/mol. The van der Waals surface area contributed by atoms with Gasteiger partial charge in [-0.3, -0.25) is 0 Å². The number of rotatable bonds is 4. The monoisotopic (exact) mass is 324 g/mol. The molecule has 2 unspecified atom stereocenters. The number of ether oxygens (including phenoxy) is 1. The second-order valence-corrected chi connectivity index (χ2v) is 6.56. The summed E-state index contributed by atoms with van der Waals surface area (Å²) >= 11 is 0. The van der Waals surface area contributed by atoms with Crippen LogP contribution in [0.25, 0.3) is 11.1 Å². The second kappa shape index (κ2) is 5.90. The molecule has 0 saturated carbocycles. The van der Waals surface area contributed by atoms with Crippen LogP contribution in [0, 0.1) is 5.82 Å². The van der Waals surface area contributed by atoms with Gasteiger partial charge in [0.1, 0.15) is 11.4 Å². The molecule has 0 aliphatic heterocycles. The minimum absolute atomic E-state index is 0.264. The van der Waals surface area contributed by atoms with Gasteiger partial charge in [-0.1, -0.05) is 49.9 Å². The number of carbonyl (C=O) groups is 1. The van der Waals surface area contributed by atoms with Gasteiger partial charge in [0.2, 0.25) is 0 Å². The van der Waals surface area contributed by atoms with Crippen LogP contribution in [-0.4, -0.2) is 11.6 Å². The summed E-state index contributed by atoms with van der Waals surface area (Å²) in [7, 11) is 0. The van der Waals surface area contributed by atoms with E-state index in [0.29, 0.717) is 17.6 Å². The third kappa shape index (κ3) is 2.44. The Bertz CT molecular complexity index is 824. The number of esters is 1. The lowest BCUT2D eigenvalue weighted by atomic mass is 9.79. The smallest absolute Gasteiger partial charge is 0.333 e. The van der Waals surface area contributed by atoms with Crippen molar-refractivity contribution in [1.82, 2.24) is 0 Å². The second-order valence-electron chi connectivity index (χ2n) is 6.56. The zero-order valence-electron chi connectivity index (χ0n) is 14.2. The van der Waals surface area contributed by atoms with Crippen molar-refractivity contribution in [2.24, 2.45) is 0 Å². The van der Waals surface area contributed by atoms with Crippen LogP contribution < -0.4 is 0 Å². The first-order valence-electron chi connectivity index (χ1n) is 8.15. The van der Waals surface area contributed by atoms with E-state index in [1.54, 1.807) is 13.0 Å². The zero-order chi connectivity index (χ0) is 17.5.